The van der Waals surface area contributed by atoms with Crippen LogP contribution in [0.1, 0.15) is 264 Å². The summed E-state index contributed by atoms with van der Waals surface area (Å²) >= 11 is 0. The highest BCUT2D eigenvalue weighted by Gasteiger charge is 2.28. The molecule has 79 heavy (non-hydrogen) atoms. The maximum atomic E-state index is 3.57. The van der Waals surface area contributed by atoms with Crippen LogP contribution in [0.25, 0.3) is 0 Å². The van der Waals surface area contributed by atoms with Crippen molar-refractivity contribution in [3.63, 3.8) is 0 Å². The number of likely N-dealkylation sites (tertiary alicyclic amines) is 4. The van der Waals surface area contributed by atoms with Gasteiger partial charge in [0, 0.05) is 61.9 Å². The van der Waals surface area contributed by atoms with Crippen molar-refractivity contribution >= 4 is 0 Å². The fourth-order valence-electron chi connectivity index (χ4n) is 11.4. The number of rotatable bonds is 19. The molecule has 0 amide bonds. The summed E-state index contributed by atoms with van der Waals surface area (Å²) in [7, 11) is 2.19. The van der Waals surface area contributed by atoms with Crippen LogP contribution in [-0.4, -0.2) is 152 Å². The number of hydrogen-bond acceptors (Lipinski definition) is 8. The van der Waals surface area contributed by atoms with Crippen molar-refractivity contribution in [3.8, 4) is 0 Å². The molecule has 5 fully saturated rings. The van der Waals surface area contributed by atoms with Gasteiger partial charge >= 0.3 is 0 Å². The second kappa shape index (κ2) is 46.0. The highest BCUT2D eigenvalue weighted by molar-refractivity contribution is 4.82. The lowest BCUT2D eigenvalue weighted by Gasteiger charge is -2.37. The molecule has 5 aliphatic rings. The summed E-state index contributed by atoms with van der Waals surface area (Å²) in [6.07, 6.45) is 15.7. The van der Waals surface area contributed by atoms with Gasteiger partial charge in [0.15, 0.2) is 0 Å². The van der Waals surface area contributed by atoms with Gasteiger partial charge in [-0.3, -0.25) is 5.32 Å². The van der Waals surface area contributed by atoms with Crippen LogP contribution in [0.3, 0.4) is 0 Å². The molecule has 3 N–H and O–H groups in total. The Hall–Kier alpha value is -0.320. The molecule has 0 aromatic heterocycles. The van der Waals surface area contributed by atoms with Crippen molar-refractivity contribution < 1.29 is 0 Å². The van der Waals surface area contributed by atoms with Gasteiger partial charge < -0.3 is 35.1 Å². The second-order valence-electron chi connectivity index (χ2n) is 30.5. The van der Waals surface area contributed by atoms with E-state index >= 15 is 0 Å². The molecule has 5 rings (SSSR count). The van der Waals surface area contributed by atoms with E-state index in [2.05, 4.69) is 241 Å². The fraction of sp³-hybridized carbons (Fsp3) is 1.00. The Morgan fingerprint density at radius 3 is 1.05 bits per heavy atom. The molecule has 5 saturated heterocycles. The molecule has 0 saturated carbocycles. The minimum atomic E-state index is 0.551. The van der Waals surface area contributed by atoms with Crippen molar-refractivity contribution in [2.45, 2.75) is 313 Å². The molecular formula is C71H154N8. The summed E-state index contributed by atoms with van der Waals surface area (Å²) in [4.78, 5) is 12.8. The third kappa shape index (κ3) is 41.4. The van der Waals surface area contributed by atoms with Crippen LogP contribution in [0.15, 0.2) is 0 Å². The van der Waals surface area contributed by atoms with E-state index in [9.17, 15) is 0 Å². The normalized spacial score (nSPS) is 23.2. The standard InChI is InChI=1S/C11H24N2.3C11H23N.C10H21N.C9H21N.C8H19N/c1-8(2)10-5-6-11(12-7-10)13-9(3)4;1-9(2)11-5-7-12(8-6-11)10(3)4;2*1-9(2)11-6-5-7-12(8-11)10(3)4;1-8(2)10-5-6-11(7-10)9(3)4;1-8(2)6-7-10(5)9(3)4;1-7(2)5-6-9-8(3)4/h8-13H,5-7H2,1-4H3;3*9-11H,5-8H2,1-4H3;8-10H,5-7H2,1-4H3;8-9H,6-7H2,1-5H3;7-9H,5-6H2,1-4H3/t10-,11+;;11-;;;;/m1.1..../s1. The summed E-state index contributed by atoms with van der Waals surface area (Å²) in [5.74, 6) is 10.7. The van der Waals surface area contributed by atoms with E-state index in [0.29, 0.717) is 24.3 Å². The first-order chi connectivity index (χ1) is 36.7. The topological polar surface area (TPSA) is 52.3 Å². The molecule has 0 aliphatic carbocycles. The highest BCUT2D eigenvalue weighted by Crippen LogP contribution is 2.28. The van der Waals surface area contributed by atoms with Gasteiger partial charge in [-0.25, -0.2) is 0 Å². The van der Waals surface area contributed by atoms with Crippen molar-refractivity contribution in [2.75, 3.05) is 79.0 Å². The summed E-state index contributed by atoms with van der Waals surface area (Å²) < 4.78 is 0. The van der Waals surface area contributed by atoms with Crippen LogP contribution in [0.2, 0.25) is 0 Å². The molecule has 478 valence electrons. The van der Waals surface area contributed by atoms with E-state index in [-0.39, 0.29) is 0 Å². The largest absolute Gasteiger partial charge is 0.315 e. The third-order valence-corrected chi connectivity index (χ3v) is 18.6. The lowest BCUT2D eigenvalue weighted by atomic mass is 9.86. The van der Waals surface area contributed by atoms with E-state index < -0.39 is 0 Å². The molecule has 5 aliphatic heterocycles. The van der Waals surface area contributed by atoms with Crippen LogP contribution < -0.4 is 16.0 Å². The minimum absolute atomic E-state index is 0.551. The van der Waals surface area contributed by atoms with Gasteiger partial charge in [0.1, 0.15) is 0 Å². The van der Waals surface area contributed by atoms with E-state index in [1.54, 1.807) is 0 Å². The maximum absolute atomic E-state index is 3.57. The smallest absolute Gasteiger partial charge is 0.0573 e. The van der Waals surface area contributed by atoms with Gasteiger partial charge in [-0.1, -0.05) is 111 Å². The Balaban J connectivity index is 0. The number of nitrogens with one attached hydrogen (secondary N) is 3. The van der Waals surface area contributed by atoms with Gasteiger partial charge in [0.05, 0.1) is 6.17 Å². The third-order valence-electron chi connectivity index (χ3n) is 18.6. The molecular weight excluding hydrogens is 965 g/mol. The van der Waals surface area contributed by atoms with Crippen molar-refractivity contribution in [2.24, 2.45) is 71.0 Å². The Bertz CT molecular complexity index is 1220. The maximum Gasteiger partial charge on any atom is 0.0573 e. The van der Waals surface area contributed by atoms with Crippen LogP contribution in [-0.2, 0) is 0 Å². The Labute approximate surface area is 501 Å². The Morgan fingerprint density at radius 2 is 0.759 bits per heavy atom. The summed E-state index contributed by atoms with van der Waals surface area (Å²) in [5.41, 5.74) is 0. The van der Waals surface area contributed by atoms with Crippen molar-refractivity contribution in [1.82, 2.24) is 40.4 Å². The lowest BCUT2D eigenvalue weighted by Crippen LogP contribution is -2.50. The first-order valence-corrected chi connectivity index (χ1v) is 34.6. The molecule has 5 atom stereocenters. The quantitative estimate of drug-likeness (QED) is 0.118. The van der Waals surface area contributed by atoms with Crippen LogP contribution in [0.4, 0.5) is 0 Å². The molecule has 8 nitrogen and oxygen atoms in total. The average Bonchev–Trinajstić information content (AvgIpc) is 3.89. The second-order valence-corrected chi connectivity index (χ2v) is 30.5. The van der Waals surface area contributed by atoms with E-state index in [4.69, 9.17) is 0 Å². The first kappa shape index (κ1) is 80.7. The highest BCUT2D eigenvalue weighted by atomic mass is 15.2. The van der Waals surface area contributed by atoms with E-state index in [0.717, 1.165) is 102 Å². The summed E-state index contributed by atoms with van der Waals surface area (Å²) in [6, 6.07) is 4.91. The zero-order valence-corrected chi connectivity index (χ0v) is 59.8. The van der Waals surface area contributed by atoms with Crippen LogP contribution >= 0.6 is 0 Å². The minimum Gasteiger partial charge on any atom is -0.315 e. The van der Waals surface area contributed by atoms with Gasteiger partial charge in [-0.15, -0.1) is 0 Å². The number of piperidine rings is 4. The van der Waals surface area contributed by atoms with Gasteiger partial charge in [0.25, 0.3) is 0 Å². The van der Waals surface area contributed by atoms with Crippen LogP contribution in [0.5, 0.6) is 0 Å². The van der Waals surface area contributed by atoms with Crippen molar-refractivity contribution in [1.29, 1.82) is 0 Å². The number of hydrogen-bond donors (Lipinski definition) is 3. The van der Waals surface area contributed by atoms with E-state index in [1.807, 2.05) is 0 Å². The SMILES string of the molecule is CC(C)C1CCCN(C(C)C)C1.CC(C)C1CCN(C(C)C)C1.CC(C)C1CCN(C(C)C)CC1.CC(C)CCN(C)C(C)C.CC(C)CCNC(C)C.CC(C)N[C@H]1CC[C@@H](C(C)C)CN1.CC(C)[C@@H]1CCCN(C(C)C)C1. The zero-order chi connectivity index (χ0) is 61.1. The zero-order valence-electron chi connectivity index (χ0n) is 59.8. The molecule has 8 heteroatoms. The molecule has 5 heterocycles. The monoisotopic (exact) mass is 1120 g/mol. The average molecular weight is 1120 g/mol. The van der Waals surface area contributed by atoms with Crippen LogP contribution in [0, 0.1) is 71.0 Å². The van der Waals surface area contributed by atoms with Gasteiger partial charge in [-0.2, -0.15) is 0 Å². The number of nitrogens with zero attached hydrogens (tertiary/aromatic N) is 5. The molecule has 0 bridgehead atoms. The predicted molar refractivity (Wildman–Crippen MR) is 360 cm³/mol. The summed E-state index contributed by atoms with van der Waals surface area (Å²) in [6.45, 7) is 78.3. The first-order valence-electron chi connectivity index (χ1n) is 34.6. The Kier molecular flexibility index (Phi) is 47.0. The Morgan fingerprint density at radius 1 is 0.392 bits per heavy atom. The molecule has 0 spiro atoms. The molecule has 0 aromatic carbocycles. The molecule has 0 aromatic rings. The lowest BCUT2D eigenvalue weighted by molar-refractivity contribution is 0.117. The molecule has 2 unspecified atom stereocenters. The van der Waals surface area contributed by atoms with Gasteiger partial charge in [-0.05, 0) is 284 Å². The predicted octanol–water partition coefficient (Wildman–Crippen LogP) is 17.0. The van der Waals surface area contributed by atoms with E-state index in [1.165, 1.54) is 136 Å². The summed E-state index contributed by atoms with van der Waals surface area (Å²) in [5, 5.41) is 10.5. The van der Waals surface area contributed by atoms with Crippen molar-refractivity contribution in [3.05, 3.63) is 0 Å². The van der Waals surface area contributed by atoms with Gasteiger partial charge in [0.2, 0.25) is 0 Å². The molecule has 0 radical (unpaired) electrons. The fourth-order valence-corrected chi connectivity index (χ4v) is 11.4.